The van der Waals surface area contributed by atoms with Crippen LogP contribution in [-0.2, 0) is 6.42 Å². The number of carbonyl (C=O) groups excluding carboxylic acids is 1. The first-order valence-corrected chi connectivity index (χ1v) is 15.4. The molecule has 0 saturated heterocycles. The van der Waals surface area contributed by atoms with Crippen LogP contribution in [0.4, 0.5) is 0 Å². The Balaban J connectivity index is 1.59. The lowest BCUT2D eigenvalue weighted by Gasteiger charge is -2.26. The van der Waals surface area contributed by atoms with Gasteiger partial charge in [-0.1, -0.05) is 43.5 Å². The minimum absolute atomic E-state index is 0.0411. The standard InChI is InChI=1S/C35H38ClNO7/c1-6-8-9-16-43-27-13-11-23(19-30(27)42-7-2)32-31-33(38)24-20-25(36)21(3)17-28(24)44-34(31)35(39)37(32)15-14-22-10-12-26(40-4)29(18-22)41-5/h10-13,17-20,32H,6-9,14-16H2,1-5H3. The summed E-state index contributed by atoms with van der Waals surface area (Å²) in [6.45, 7) is 7.21. The van der Waals surface area contributed by atoms with Crippen LogP contribution in [0.25, 0.3) is 11.0 Å². The SMILES string of the molecule is CCCCCOc1ccc(C2c3c(oc4cc(C)c(Cl)cc4c3=O)C(=O)N2CCc2ccc(OC)c(OC)c2)cc1OCC. The van der Waals surface area contributed by atoms with Gasteiger partial charge in [0.1, 0.15) is 5.58 Å². The molecule has 3 aromatic carbocycles. The maximum absolute atomic E-state index is 14.1. The predicted molar refractivity (Wildman–Crippen MR) is 171 cm³/mol. The topological polar surface area (TPSA) is 87.4 Å². The van der Waals surface area contributed by atoms with Crippen molar-refractivity contribution < 1.29 is 28.2 Å². The lowest BCUT2D eigenvalue weighted by atomic mass is 9.97. The highest BCUT2D eigenvalue weighted by Gasteiger charge is 2.43. The number of aryl methyl sites for hydroxylation is 1. The van der Waals surface area contributed by atoms with E-state index in [-0.39, 0.29) is 22.7 Å². The zero-order chi connectivity index (χ0) is 31.4. The van der Waals surface area contributed by atoms with Crippen LogP contribution in [0.3, 0.4) is 0 Å². The second kappa shape index (κ2) is 13.6. The zero-order valence-electron chi connectivity index (χ0n) is 25.8. The van der Waals surface area contributed by atoms with Gasteiger partial charge in [-0.3, -0.25) is 9.59 Å². The number of nitrogens with zero attached hydrogens (tertiary/aromatic N) is 1. The van der Waals surface area contributed by atoms with Gasteiger partial charge in [-0.05, 0) is 79.8 Å². The first-order valence-electron chi connectivity index (χ1n) is 15.0. The maximum Gasteiger partial charge on any atom is 0.290 e. The Labute approximate surface area is 262 Å². The molecule has 1 atom stereocenters. The molecule has 232 valence electrons. The first-order chi connectivity index (χ1) is 21.3. The summed E-state index contributed by atoms with van der Waals surface area (Å²) in [4.78, 5) is 29.8. The molecule has 1 aromatic heterocycles. The number of hydrogen-bond donors (Lipinski definition) is 0. The van der Waals surface area contributed by atoms with Gasteiger partial charge < -0.3 is 28.3 Å². The number of fused-ring (bicyclic) bond motifs is 2. The van der Waals surface area contributed by atoms with Gasteiger partial charge in [0.25, 0.3) is 5.91 Å². The van der Waals surface area contributed by atoms with E-state index in [2.05, 4.69) is 6.92 Å². The third kappa shape index (κ3) is 6.09. The molecule has 0 spiro atoms. The highest BCUT2D eigenvalue weighted by Crippen LogP contribution is 2.42. The molecule has 8 nitrogen and oxygen atoms in total. The second-order valence-corrected chi connectivity index (χ2v) is 11.2. The number of methoxy groups -OCH3 is 2. The van der Waals surface area contributed by atoms with E-state index in [1.807, 2.05) is 50.2 Å². The molecule has 0 fully saturated rings. The number of halogens is 1. The van der Waals surface area contributed by atoms with Crippen LogP contribution in [0, 0.1) is 6.92 Å². The van der Waals surface area contributed by atoms with Gasteiger partial charge in [-0.25, -0.2) is 0 Å². The Hall–Kier alpha value is -4.17. The summed E-state index contributed by atoms with van der Waals surface area (Å²) in [5, 5.41) is 0.791. The highest BCUT2D eigenvalue weighted by molar-refractivity contribution is 6.32. The molecule has 1 unspecified atom stereocenters. The number of hydrogen-bond acceptors (Lipinski definition) is 7. The molecule has 44 heavy (non-hydrogen) atoms. The molecule has 5 rings (SSSR count). The molecule has 1 aliphatic rings. The maximum atomic E-state index is 14.1. The van der Waals surface area contributed by atoms with Crippen LogP contribution in [0.15, 0.2) is 57.7 Å². The van der Waals surface area contributed by atoms with Crippen LogP contribution in [0.2, 0.25) is 5.02 Å². The summed E-state index contributed by atoms with van der Waals surface area (Å²) in [7, 11) is 3.17. The van der Waals surface area contributed by atoms with Gasteiger partial charge in [0.2, 0.25) is 5.76 Å². The van der Waals surface area contributed by atoms with Gasteiger partial charge in [0.15, 0.2) is 28.4 Å². The average Bonchev–Trinajstić information content (AvgIpc) is 3.30. The van der Waals surface area contributed by atoms with E-state index in [9.17, 15) is 9.59 Å². The van der Waals surface area contributed by atoms with Crippen molar-refractivity contribution in [1.29, 1.82) is 0 Å². The van der Waals surface area contributed by atoms with E-state index >= 15 is 0 Å². The predicted octanol–water partition coefficient (Wildman–Crippen LogP) is 7.53. The van der Waals surface area contributed by atoms with Crippen LogP contribution in [0.1, 0.15) is 72.0 Å². The van der Waals surface area contributed by atoms with E-state index < -0.39 is 6.04 Å². The molecular formula is C35H38ClNO7. The van der Waals surface area contributed by atoms with Crippen molar-refractivity contribution >= 4 is 28.5 Å². The quantitative estimate of drug-likeness (QED) is 0.143. The zero-order valence-corrected chi connectivity index (χ0v) is 26.6. The van der Waals surface area contributed by atoms with Crippen molar-refractivity contribution in [2.75, 3.05) is 34.0 Å². The Kier molecular flexibility index (Phi) is 9.69. The van der Waals surface area contributed by atoms with Crippen LogP contribution < -0.4 is 24.4 Å². The number of ether oxygens (including phenoxy) is 4. The summed E-state index contributed by atoms with van der Waals surface area (Å²) in [5.74, 6) is 2.10. The summed E-state index contributed by atoms with van der Waals surface area (Å²) >= 11 is 6.41. The van der Waals surface area contributed by atoms with Gasteiger partial charge in [-0.2, -0.15) is 0 Å². The largest absolute Gasteiger partial charge is 0.493 e. The second-order valence-electron chi connectivity index (χ2n) is 10.8. The number of benzene rings is 3. The van der Waals surface area contributed by atoms with E-state index in [0.29, 0.717) is 65.2 Å². The minimum atomic E-state index is -0.702. The Bertz CT molecular complexity index is 1730. The summed E-state index contributed by atoms with van der Waals surface area (Å²) < 4.78 is 29.1. The molecule has 9 heteroatoms. The van der Waals surface area contributed by atoms with E-state index in [4.69, 9.17) is 35.0 Å². The van der Waals surface area contributed by atoms with Crippen molar-refractivity contribution in [2.45, 2.75) is 52.5 Å². The van der Waals surface area contributed by atoms with Crippen molar-refractivity contribution in [1.82, 2.24) is 4.90 Å². The van der Waals surface area contributed by atoms with E-state index in [1.165, 1.54) is 0 Å². The van der Waals surface area contributed by atoms with Crippen molar-refractivity contribution in [2.24, 2.45) is 0 Å². The molecule has 0 radical (unpaired) electrons. The summed E-state index contributed by atoms with van der Waals surface area (Å²) in [6.07, 6.45) is 3.61. The lowest BCUT2D eigenvalue weighted by Crippen LogP contribution is -2.31. The first kappa shape index (κ1) is 31.3. The molecule has 2 heterocycles. The fourth-order valence-corrected chi connectivity index (χ4v) is 5.78. The van der Waals surface area contributed by atoms with Gasteiger partial charge in [0, 0.05) is 11.6 Å². The third-order valence-electron chi connectivity index (χ3n) is 7.93. The molecular weight excluding hydrogens is 582 g/mol. The molecule has 1 amide bonds. The molecule has 0 aliphatic carbocycles. The van der Waals surface area contributed by atoms with Gasteiger partial charge in [0.05, 0.1) is 44.4 Å². The van der Waals surface area contributed by atoms with Crippen LogP contribution in [0.5, 0.6) is 23.0 Å². The smallest absolute Gasteiger partial charge is 0.290 e. The molecule has 0 saturated carbocycles. The van der Waals surface area contributed by atoms with Crippen LogP contribution in [-0.4, -0.2) is 44.8 Å². The van der Waals surface area contributed by atoms with Crippen LogP contribution >= 0.6 is 11.6 Å². The van der Waals surface area contributed by atoms with E-state index in [0.717, 1.165) is 36.0 Å². The van der Waals surface area contributed by atoms with Gasteiger partial charge >= 0.3 is 0 Å². The number of carbonyl (C=O) groups is 1. The minimum Gasteiger partial charge on any atom is -0.493 e. The van der Waals surface area contributed by atoms with E-state index in [1.54, 1.807) is 31.3 Å². The van der Waals surface area contributed by atoms with Crippen molar-refractivity contribution in [3.8, 4) is 23.0 Å². The molecule has 0 N–H and O–H groups in total. The fourth-order valence-electron chi connectivity index (χ4n) is 5.62. The molecule has 0 bridgehead atoms. The Morgan fingerprint density at radius 3 is 2.39 bits per heavy atom. The van der Waals surface area contributed by atoms with Gasteiger partial charge in [-0.15, -0.1) is 0 Å². The Morgan fingerprint density at radius 2 is 1.66 bits per heavy atom. The fraction of sp³-hybridized carbons (Fsp3) is 0.371. The number of rotatable bonds is 13. The third-order valence-corrected chi connectivity index (χ3v) is 8.33. The average molecular weight is 620 g/mol. The summed E-state index contributed by atoms with van der Waals surface area (Å²) in [6, 6.07) is 13.9. The molecule has 4 aromatic rings. The monoisotopic (exact) mass is 619 g/mol. The van der Waals surface area contributed by atoms with Crippen molar-refractivity contribution in [3.05, 3.63) is 91.8 Å². The summed E-state index contributed by atoms with van der Waals surface area (Å²) in [5.41, 5.74) is 2.75. The Morgan fingerprint density at radius 1 is 0.886 bits per heavy atom. The highest BCUT2D eigenvalue weighted by atomic mass is 35.5. The lowest BCUT2D eigenvalue weighted by molar-refractivity contribution is 0.0729. The molecule has 1 aliphatic heterocycles. The number of amides is 1. The van der Waals surface area contributed by atoms with Crippen molar-refractivity contribution in [3.63, 3.8) is 0 Å². The normalized spacial score (nSPS) is 14.2. The number of unbranched alkanes of at least 4 members (excludes halogenated alkanes) is 2.